The zero-order valence-electron chi connectivity index (χ0n) is 11.9. The summed E-state index contributed by atoms with van der Waals surface area (Å²) in [5.41, 5.74) is 1.81. The summed E-state index contributed by atoms with van der Waals surface area (Å²) in [6, 6.07) is 9.80. The number of para-hydroxylation sites is 1. The second-order valence-electron chi connectivity index (χ2n) is 4.39. The Morgan fingerprint density at radius 3 is 2.67 bits per heavy atom. The van der Waals surface area contributed by atoms with Gasteiger partial charge in [-0.1, -0.05) is 24.3 Å². The average molecular weight is 308 g/mol. The third kappa shape index (κ3) is 9.59. The molecule has 0 unspecified atom stereocenters. The third-order valence-corrected chi connectivity index (χ3v) is 3.29. The smallest absolute Gasteiger partial charge is 0.264 e. The summed E-state index contributed by atoms with van der Waals surface area (Å²) in [5, 5.41) is 3.12. The lowest BCUT2D eigenvalue weighted by atomic mass is 10.3. The van der Waals surface area contributed by atoms with E-state index in [2.05, 4.69) is 10.3 Å². The summed E-state index contributed by atoms with van der Waals surface area (Å²) in [6.45, 7) is 2.21. The molecule has 0 radical (unpaired) electrons. The minimum absolute atomic E-state index is 0.256. The second kappa shape index (κ2) is 9.10. The van der Waals surface area contributed by atoms with Crippen molar-refractivity contribution in [1.29, 1.82) is 0 Å². The van der Waals surface area contributed by atoms with Crippen LogP contribution in [0.5, 0.6) is 0 Å². The van der Waals surface area contributed by atoms with Gasteiger partial charge in [0.05, 0.1) is 5.75 Å². The van der Waals surface area contributed by atoms with E-state index in [9.17, 15) is 8.42 Å². The Morgan fingerprint density at radius 2 is 2.00 bits per heavy atom. The van der Waals surface area contributed by atoms with Crippen molar-refractivity contribution in [2.24, 2.45) is 4.99 Å². The molecule has 0 heterocycles. The first kappa shape index (κ1) is 17.1. The van der Waals surface area contributed by atoms with E-state index in [4.69, 9.17) is 4.55 Å². The summed E-state index contributed by atoms with van der Waals surface area (Å²) in [6.07, 6.45) is 7.66. The average Bonchev–Trinajstić information content (AvgIpc) is 2.43. The van der Waals surface area contributed by atoms with Crippen LogP contribution in [0.4, 0.5) is 5.69 Å². The van der Waals surface area contributed by atoms with Gasteiger partial charge in [0, 0.05) is 24.1 Å². The van der Waals surface area contributed by atoms with Crippen molar-refractivity contribution in [1.82, 2.24) is 0 Å². The molecule has 0 amide bonds. The van der Waals surface area contributed by atoms with Crippen LogP contribution in [-0.4, -0.2) is 31.0 Å². The molecule has 21 heavy (non-hydrogen) atoms. The molecule has 5 nitrogen and oxygen atoms in total. The third-order valence-electron chi connectivity index (χ3n) is 2.49. The summed E-state index contributed by atoms with van der Waals surface area (Å²) in [5.74, 6) is -0.256. The first-order valence-corrected chi connectivity index (χ1v) is 8.19. The van der Waals surface area contributed by atoms with Gasteiger partial charge in [-0.15, -0.1) is 0 Å². The van der Waals surface area contributed by atoms with Crippen molar-refractivity contribution in [3.63, 3.8) is 0 Å². The molecule has 0 atom stereocenters. The number of nitrogens with zero attached hydrogens (tertiary/aromatic N) is 1. The molecule has 0 saturated carbocycles. The standard InChI is InChI=1S/C15H20N2O3S/c1-14(16-12-7-13-21(18,19)20)8-5-6-11-17-15-9-3-2-4-10-15/h2-6,8-11,17H,7,12-13H2,1H3,(H,18,19,20)/b8-5+,11-6+,16-14-. The quantitative estimate of drug-likeness (QED) is 0.335. The molecule has 0 aliphatic rings. The Hall–Kier alpha value is -1.92. The van der Waals surface area contributed by atoms with Gasteiger partial charge >= 0.3 is 0 Å². The fraction of sp³-hybridized carbons (Fsp3) is 0.267. The molecule has 0 aliphatic heterocycles. The Balaban J connectivity index is 2.28. The van der Waals surface area contributed by atoms with Crippen molar-refractivity contribution in [2.75, 3.05) is 17.6 Å². The van der Waals surface area contributed by atoms with E-state index in [0.717, 1.165) is 11.4 Å². The summed E-state index contributed by atoms with van der Waals surface area (Å²) < 4.78 is 29.6. The van der Waals surface area contributed by atoms with Crippen LogP contribution in [0, 0.1) is 0 Å². The highest BCUT2D eigenvalue weighted by Gasteiger charge is 2.01. The SMILES string of the molecule is CC(/C=C/C=C/Nc1ccccc1)=N/CCCS(=O)(=O)O. The number of benzene rings is 1. The van der Waals surface area contributed by atoms with E-state index in [0.29, 0.717) is 13.0 Å². The molecule has 0 saturated heterocycles. The largest absolute Gasteiger partial charge is 0.362 e. The van der Waals surface area contributed by atoms with Gasteiger partial charge in [-0.3, -0.25) is 9.55 Å². The second-order valence-corrected chi connectivity index (χ2v) is 5.96. The molecule has 6 heteroatoms. The summed E-state index contributed by atoms with van der Waals surface area (Å²) >= 11 is 0. The van der Waals surface area contributed by atoms with Crippen LogP contribution in [0.15, 0.2) is 59.8 Å². The summed E-state index contributed by atoms with van der Waals surface area (Å²) in [7, 11) is -3.88. The molecule has 1 aromatic carbocycles. The lowest BCUT2D eigenvalue weighted by molar-refractivity contribution is 0.481. The Kier molecular flexibility index (Phi) is 7.42. The normalized spacial score (nSPS) is 13.1. The highest BCUT2D eigenvalue weighted by Crippen LogP contribution is 2.04. The first-order valence-electron chi connectivity index (χ1n) is 6.58. The Bertz CT molecular complexity index is 605. The minimum atomic E-state index is -3.88. The lowest BCUT2D eigenvalue weighted by Gasteiger charge is -1.97. The van der Waals surface area contributed by atoms with Gasteiger partial charge in [0.25, 0.3) is 10.1 Å². The molecule has 0 aromatic heterocycles. The number of hydrogen-bond acceptors (Lipinski definition) is 4. The van der Waals surface area contributed by atoms with Crippen LogP contribution in [0.2, 0.25) is 0 Å². The minimum Gasteiger partial charge on any atom is -0.362 e. The van der Waals surface area contributed by atoms with Crippen LogP contribution in [0.3, 0.4) is 0 Å². The van der Waals surface area contributed by atoms with Gasteiger partial charge < -0.3 is 5.32 Å². The van der Waals surface area contributed by atoms with Crippen LogP contribution >= 0.6 is 0 Å². The molecule has 2 N–H and O–H groups in total. The van der Waals surface area contributed by atoms with Crippen molar-refractivity contribution < 1.29 is 13.0 Å². The molecule has 1 aromatic rings. The number of nitrogens with one attached hydrogen (secondary N) is 1. The highest BCUT2D eigenvalue weighted by atomic mass is 32.2. The highest BCUT2D eigenvalue weighted by molar-refractivity contribution is 7.85. The molecule has 1 rings (SSSR count). The predicted octanol–water partition coefficient (Wildman–Crippen LogP) is 2.91. The molecule has 0 bridgehead atoms. The number of hydrogen-bond donors (Lipinski definition) is 2. The van der Waals surface area contributed by atoms with Crippen molar-refractivity contribution in [3.8, 4) is 0 Å². The van der Waals surface area contributed by atoms with Gasteiger partial charge in [0.2, 0.25) is 0 Å². The molecular formula is C15H20N2O3S. The maximum atomic E-state index is 10.5. The van der Waals surface area contributed by atoms with Gasteiger partial charge in [-0.05, 0) is 37.6 Å². The predicted molar refractivity (Wildman–Crippen MR) is 87.4 cm³/mol. The Morgan fingerprint density at radius 1 is 1.29 bits per heavy atom. The van der Waals surface area contributed by atoms with Gasteiger partial charge in [-0.2, -0.15) is 8.42 Å². The van der Waals surface area contributed by atoms with Crippen LogP contribution in [-0.2, 0) is 10.1 Å². The molecule has 0 aliphatic carbocycles. The van der Waals surface area contributed by atoms with E-state index < -0.39 is 10.1 Å². The number of rotatable bonds is 8. The fourth-order valence-electron chi connectivity index (χ4n) is 1.48. The number of allylic oxidation sites excluding steroid dienone is 3. The first-order chi connectivity index (χ1) is 9.97. The van der Waals surface area contributed by atoms with Crippen LogP contribution in [0.25, 0.3) is 0 Å². The number of aliphatic imine (C=N–C) groups is 1. The maximum Gasteiger partial charge on any atom is 0.264 e. The molecule has 0 spiro atoms. The van der Waals surface area contributed by atoms with Crippen LogP contribution < -0.4 is 5.32 Å². The van der Waals surface area contributed by atoms with Gasteiger partial charge in [0.15, 0.2) is 0 Å². The molecule has 114 valence electrons. The van der Waals surface area contributed by atoms with E-state index in [-0.39, 0.29) is 5.75 Å². The lowest BCUT2D eigenvalue weighted by Crippen LogP contribution is -2.05. The number of anilines is 1. The topological polar surface area (TPSA) is 78.8 Å². The monoisotopic (exact) mass is 308 g/mol. The van der Waals surface area contributed by atoms with Crippen molar-refractivity contribution >= 4 is 21.5 Å². The van der Waals surface area contributed by atoms with Gasteiger partial charge in [0.1, 0.15) is 0 Å². The fourth-order valence-corrected chi connectivity index (χ4v) is 1.98. The van der Waals surface area contributed by atoms with E-state index >= 15 is 0 Å². The molecular weight excluding hydrogens is 288 g/mol. The van der Waals surface area contributed by atoms with Crippen molar-refractivity contribution in [2.45, 2.75) is 13.3 Å². The maximum absolute atomic E-state index is 10.5. The van der Waals surface area contributed by atoms with E-state index in [1.807, 2.05) is 61.7 Å². The molecule has 0 fully saturated rings. The Labute approximate surface area is 125 Å². The summed E-state index contributed by atoms with van der Waals surface area (Å²) in [4.78, 5) is 4.18. The van der Waals surface area contributed by atoms with E-state index in [1.54, 1.807) is 0 Å². The van der Waals surface area contributed by atoms with Crippen LogP contribution in [0.1, 0.15) is 13.3 Å². The van der Waals surface area contributed by atoms with Gasteiger partial charge in [-0.25, -0.2) is 0 Å². The zero-order chi connectivity index (χ0) is 15.6. The van der Waals surface area contributed by atoms with E-state index in [1.165, 1.54) is 0 Å². The van der Waals surface area contributed by atoms with Crippen molar-refractivity contribution in [3.05, 3.63) is 54.8 Å². The zero-order valence-corrected chi connectivity index (χ0v) is 12.8.